The zero-order chi connectivity index (χ0) is 20.1. The van der Waals surface area contributed by atoms with Crippen LogP contribution in [-0.2, 0) is 17.8 Å². The number of rotatable bonds is 7. The Morgan fingerprint density at radius 1 is 1.14 bits per heavy atom. The van der Waals surface area contributed by atoms with Crippen LogP contribution < -0.4 is 14.8 Å². The van der Waals surface area contributed by atoms with E-state index < -0.39 is 0 Å². The molecule has 7 nitrogen and oxygen atoms in total. The highest BCUT2D eigenvalue weighted by Crippen LogP contribution is 2.33. The molecule has 2 atom stereocenters. The van der Waals surface area contributed by atoms with Crippen molar-refractivity contribution in [2.24, 2.45) is 5.92 Å². The van der Waals surface area contributed by atoms with Crippen molar-refractivity contribution in [2.45, 2.75) is 25.9 Å². The van der Waals surface area contributed by atoms with Gasteiger partial charge in [-0.15, -0.1) is 0 Å². The van der Waals surface area contributed by atoms with Crippen molar-refractivity contribution in [3.05, 3.63) is 72.3 Å². The molecule has 3 aromatic rings. The van der Waals surface area contributed by atoms with Crippen molar-refractivity contribution < 1.29 is 14.3 Å². The number of aromatic nitrogens is 3. The summed E-state index contributed by atoms with van der Waals surface area (Å²) in [5.41, 5.74) is 2.14. The molecule has 0 unspecified atom stereocenters. The summed E-state index contributed by atoms with van der Waals surface area (Å²) < 4.78 is 13.0. The number of ether oxygens (including phenoxy) is 2. The lowest BCUT2D eigenvalue weighted by Crippen LogP contribution is -2.35. The van der Waals surface area contributed by atoms with Crippen LogP contribution in [0.4, 0.5) is 0 Å². The van der Waals surface area contributed by atoms with E-state index in [0.29, 0.717) is 26.2 Å². The fourth-order valence-corrected chi connectivity index (χ4v) is 3.38. The summed E-state index contributed by atoms with van der Waals surface area (Å²) in [5.74, 6) is 1.18. The maximum absolute atomic E-state index is 12.9. The second-order valence-electron chi connectivity index (χ2n) is 7.17. The molecule has 150 valence electrons. The van der Waals surface area contributed by atoms with Gasteiger partial charge >= 0.3 is 0 Å². The summed E-state index contributed by atoms with van der Waals surface area (Å²) in [7, 11) is 0. The fourth-order valence-electron chi connectivity index (χ4n) is 3.38. The molecule has 1 N–H and O–H groups in total. The molecule has 1 aromatic heterocycles. The van der Waals surface area contributed by atoms with E-state index in [0.717, 1.165) is 22.6 Å². The normalized spacial score (nSPS) is 14.8. The number of fused-ring (bicyclic) bond motifs is 1. The zero-order valence-corrected chi connectivity index (χ0v) is 16.3. The number of nitrogens with one attached hydrogen (secondary N) is 1. The highest BCUT2D eigenvalue weighted by molar-refractivity contribution is 5.78. The lowest BCUT2D eigenvalue weighted by atomic mass is 9.97. The molecular weight excluding hydrogens is 368 g/mol. The molecule has 1 aliphatic rings. The Hall–Kier alpha value is -3.35. The third-order valence-electron chi connectivity index (χ3n) is 4.94. The van der Waals surface area contributed by atoms with Gasteiger partial charge in [-0.1, -0.05) is 43.3 Å². The number of amides is 1. The smallest absolute Gasteiger partial charge is 0.225 e. The van der Waals surface area contributed by atoms with E-state index in [1.807, 2.05) is 43.3 Å². The maximum Gasteiger partial charge on any atom is 0.225 e. The average molecular weight is 392 g/mol. The van der Waals surface area contributed by atoms with Crippen LogP contribution in [0.3, 0.4) is 0 Å². The number of benzene rings is 2. The van der Waals surface area contributed by atoms with Gasteiger partial charge in [-0.05, 0) is 29.7 Å². The van der Waals surface area contributed by atoms with Gasteiger partial charge in [0.1, 0.15) is 25.9 Å². The third kappa shape index (κ3) is 4.74. The quantitative estimate of drug-likeness (QED) is 0.669. The van der Waals surface area contributed by atoms with E-state index in [4.69, 9.17) is 9.47 Å². The predicted molar refractivity (Wildman–Crippen MR) is 108 cm³/mol. The first kappa shape index (κ1) is 19.0. The van der Waals surface area contributed by atoms with Gasteiger partial charge in [-0.2, -0.15) is 5.10 Å². The van der Waals surface area contributed by atoms with Crippen LogP contribution in [0, 0.1) is 5.92 Å². The van der Waals surface area contributed by atoms with Gasteiger partial charge in [0.05, 0.1) is 18.5 Å². The third-order valence-corrected chi connectivity index (χ3v) is 4.94. The van der Waals surface area contributed by atoms with Crippen molar-refractivity contribution >= 4 is 5.91 Å². The van der Waals surface area contributed by atoms with Crippen LogP contribution >= 0.6 is 0 Å². The predicted octanol–water partition coefficient (Wildman–Crippen LogP) is 2.79. The summed E-state index contributed by atoms with van der Waals surface area (Å²) in [6, 6.07) is 15.8. The van der Waals surface area contributed by atoms with Crippen molar-refractivity contribution in [3.63, 3.8) is 0 Å². The van der Waals surface area contributed by atoms with Crippen LogP contribution in [0.5, 0.6) is 11.5 Å². The van der Waals surface area contributed by atoms with E-state index in [9.17, 15) is 4.79 Å². The topological polar surface area (TPSA) is 78.3 Å². The van der Waals surface area contributed by atoms with Crippen molar-refractivity contribution in [2.75, 3.05) is 13.2 Å². The van der Waals surface area contributed by atoms with Crippen LogP contribution in [0.15, 0.2) is 61.2 Å². The first-order chi connectivity index (χ1) is 14.2. The molecule has 1 amide bonds. The molecule has 1 aliphatic heterocycles. The van der Waals surface area contributed by atoms with Crippen molar-refractivity contribution in [1.82, 2.24) is 20.1 Å². The number of carbonyl (C=O) groups excluding carboxylic acids is 1. The lowest BCUT2D eigenvalue weighted by Gasteiger charge is -2.24. The van der Waals surface area contributed by atoms with Gasteiger partial charge in [0.2, 0.25) is 5.91 Å². The van der Waals surface area contributed by atoms with Crippen LogP contribution in [0.2, 0.25) is 0 Å². The van der Waals surface area contributed by atoms with E-state index in [-0.39, 0.29) is 17.9 Å². The maximum atomic E-state index is 12.9. The SMILES string of the molecule is C[C@@H](Cn1cncn1)C(=O)N[C@H](Cc1ccccc1)c1ccc2c(c1)OCCO2. The minimum Gasteiger partial charge on any atom is -0.486 e. The summed E-state index contributed by atoms with van der Waals surface area (Å²) in [4.78, 5) is 16.8. The minimum absolute atomic E-state index is 0.0312. The molecule has 0 aliphatic carbocycles. The number of carbonyl (C=O) groups is 1. The van der Waals surface area contributed by atoms with Crippen LogP contribution in [-0.4, -0.2) is 33.9 Å². The summed E-state index contributed by atoms with van der Waals surface area (Å²) in [5, 5.41) is 7.29. The van der Waals surface area contributed by atoms with Gasteiger partial charge in [0.25, 0.3) is 0 Å². The standard InChI is InChI=1S/C22H24N4O3/c1-16(13-26-15-23-14-24-26)22(27)25-19(11-17-5-3-2-4-6-17)18-7-8-20-21(12-18)29-10-9-28-20/h2-8,12,14-16,19H,9-11,13H2,1H3,(H,25,27)/t16-,19+/m0/s1. The Morgan fingerprint density at radius 2 is 1.93 bits per heavy atom. The fraction of sp³-hybridized carbons (Fsp3) is 0.318. The number of hydrogen-bond acceptors (Lipinski definition) is 5. The zero-order valence-electron chi connectivity index (χ0n) is 16.3. The van der Waals surface area contributed by atoms with E-state index in [1.54, 1.807) is 11.0 Å². The van der Waals surface area contributed by atoms with Gasteiger partial charge in [0.15, 0.2) is 11.5 Å². The van der Waals surface area contributed by atoms with Crippen molar-refractivity contribution in [1.29, 1.82) is 0 Å². The molecule has 2 aromatic carbocycles. The van der Waals surface area contributed by atoms with Gasteiger partial charge in [0, 0.05) is 0 Å². The Morgan fingerprint density at radius 3 is 2.69 bits per heavy atom. The van der Waals surface area contributed by atoms with Gasteiger partial charge in [-0.3, -0.25) is 9.48 Å². The summed E-state index contributed by atoms with van der Waals surface area (Å²) in [6.07, 6.45) is 3.77. The minimum atomic E-state index is -0.243. The molecule has 7 heteroatoms. The number of hydrogen-bond donors (Lipinski definition) is 1. The molecule has 0 saturated heterocycles. The molecule has 2 heterocycles. The first-order valence-electron chi connectivity index (χ1n) is 9.75. The molecule has 0 radical (unpaired) electrons. The largest absolute Gasteiger partial charge is 0.486 e. The summed E-state index contributed by atoms with van der Waals surface area (Å²) >= 11 is 0. The Kier molecular flexibility index (Phi) is 5.74. The Labute approximate surface area is 169 Å². The highest BCUT2D eigenvalue weighted by Gasteiger charge is 2.22. The molecule has 0 saturated carbocycles. The second kappa shape index (κ2) is 8.77. The first-order valence-corrected chi connectivity index (χ1v) is 9.75. The second-order valence-corrected chi connectivity index (χ2v) is 7.17. The monoisotopic (exact) mass is 392 g/mol. The average Bonchev–Trinajstić information content (AvgIpc) is 3.26. The molecule has 0 spiro atoms. The van der Waals surface area contributed by atoms with E-state index in [2.05, 4.69) is 27.5 Å². The molecular formula is C22H24N4O3. The van der Waals surface area contributed by atoms with Gasteiger partial charge in [-0.25, -0.2) is 4.98 Å². The Bertz CT molecular complexity index is 944. The molecule has 0 fully saturated rings. The molecule has 0 bridgehead atoms. The number of nitrogens with zero attached hydrogens (tertiary/aromatic N) is 3. The van der Waals surface area contributed by atoms with Gasteiger partial charge < -0.3 is 14.8 Å². The summed E-state index contributed by atoms with van der Waals surface area (Å²) in [6.45, 7) is 3.45. The van der Waals surface area contributed by atoms with Crippen molar-refractivity contribution in [3.8, 4) is 11.5 Å². The van der Waals surface area contributed by atoms with Crippen LogP contribution in [0.1, 0.15) is 24.1 Å². The molecule has 4 rings (SSSR count). The van der Waals surface area contributed by atoms with E-state index in [1.165, 1.54) is 6.33 Å². The highest BCUT2D eigenvalue weighted by atomic mass is 16.6. The molecule has 29 heavy (non-hydrogen) atoms. The van der Waals surface area contributed by atoms with Crippen LogP contribution in [0.25, 0.3) is 0 Å². The van der Waals surface area contributed by atoms with E-state index >= 15 is 0 Å². The lowest BCUT2D eigenvalue weighted by molar-refractivity contribution is -0.125. The Balaban J connectivity index is 1.54.